The third kappa shape index (κ3) is 4.82. The maximum absolute atomic E-state index is 5.55. The van der Waals surface area contributed by atoms with E-state index in [0.717, 1.165) is 36.2 Å². The van der Waals surface area contributed by atoms with Gasteiger partial charge in [-0.2, -0.15) is 0 Å². The van der Waals surface area contributed by atoms with Gasteiger partial charge in [0.25, 0.3) is 0 Å². The predicted molar refractivity (Wildman–Crippen MR) is 73.1 cm³/mol. The number of ether oxygens (including phenoxy) is 1. The van der Waals surface area contributed by atoms with E-state index in [-0.39, 0.29) is 6.04 Å². The minimum absolute atomic E-state index is 0.254. The highest BCUT2D eigenvalue weighted by Gasteiger charge is 2.19. The summed E-state index contributed by atoms with van der Waals surface area (Å²) in [6, 6.07) is 2.20. The van der Waals surface area contributed by atoms with Gasteiger partial charge in [0.2, 0.25) is 0 Å². The van der Waals surface area contributed by atoms with Gasteiger partial charge in [0.15, 0.2) is 0 Å². The lowest BCUT2D eigenvalue weighted by Crippen LogP contribution is -2.25. The molecule has 0 saturated heterocycles. The minimum Gasteiger partial charge on any atom is -0.466 e. The molecule has 0 bridgehead atoms. The Morgan fingerprint density at radius 1 is 1.53 bits per heavy atom. The Morgan fingerprint density at radius 2 is 2.29 bits per heavy atom. The molecule has 0 aliphatic rings. The topological polar surface area (TPSA) is 34.4 Å². The molecule has 0 aliphatic heterocycles. The molecule has 17 heavy (non-hydrogen) atoms. The summed E-state index contributed by atoms with van der Waals surface area (Å²) in [4.78, 5) is 0. The van der Waals surface area contributed by atoms with Crippen LogP contribution in [0.1, 0.15) is 38.5 Å². The van der Waals surface area contributed by atoms with Crippen molar-refractivity contribution in [2.75, 3.05) is 20.3 Å². The average molecular weight is 304 g/mol. The highest BCUT2D eigenvalue weighted by molar-refractivity contribution is 9.10. The van der Waals surface area contributed by atoms with Crippen molar-refractivity contribution in [3.8, 4) is 0 Å². The van der Waals surface area contributed by atoms with Gasteiger partial charge in [-0.3, -0.25) is 0 Å². The van der Waals surface area contributed by atoms with Crippen molar-refractivity contribution in [2.45, 2.75) is 32.7 Å². The van der Waals surface area contributed by atoms with Crippen molar-refractivity contribution >= 4 is 15.9 Å². The quantitative estimate of drug-likeness (QED) is 0.794. The molecule has 0 aromatic carbocycles. The van der Waals surface area contributed by atoms with Crippen LogP contribution in [0.15, 0.2) is 21.2 Å². The van der Waals surface area contributed by atoms with Gasteiger partial charge < -0.3 is 14.5 Å². The van der Waals surface area contributed by atoms with Crippen LogP contribution in [0.4, 0.5) is 0 Å². The predicted octanol–water partition coefficient (Wildman–Crippen LogP) is 3.76. The van der Waals surface area contributed by atoms with E-state index in [2.05, 4.69) is 35.1 Å². The molecule has 1 aromatic heterocycles. The highest BCUT2D eigenvalue weighted by atomic mass is 79.9. The first-order chi connectivity index (χ1) is 8.19. The summed E-state index contributed by atoms with van der Waals surface area (Å²) in [5, 5.41) is 3.52. The highest BCUT2D eigenvalue weighted by Crippen LogP contribution is 2.29. The standard InChI is InChI=1S/C13H22BrNO2/c1-4-6-15-12(8-10(2)9-16-3)13-11(14)5-7-17-13/h5,7,10,12,15H,4,6,8-9H2,1-3H3. The molecule has 1 aromatic rings. The molecule has 0 aliphatic carbocycles. The SMILES string of the molecule is CCCNC(CC(C)COC)c1occc1Br. The number of nitrogens with one attached hydrogen (secondary N) is 1. The maximum Gasteiger partial charge on any atom is 0.134 e. The maximum atomic E-state index is 5.55. The summed E-state index contributed by atoms with van der Waals surface area (Å²) in [5.74, 6) is 1.49. The zero-order valence-corrected chi connectivity index (χ0v) is 12.4. The van der Waals surface area contributed by atoms with E-state index in [9.17, 15) is 0 Å². The molecule has 2 atom stereocenters. The molecule has 2 unspecified atom stereocenters. The minimum atomic E-state index is 0.254. The Bertz CT molecular complexity index is 314. The summed E-state index contributed by atoms with van der Waals surface area (Å²) >= 11 is 3.52. The van der Waals surface area contributed by atoms with E-state index in [1.807, 2.05) is 6.07 Å². The van der Waals surface area contributed by atoms with Gasteiger partial charge in [0.05, 0.1) is 16.8 Å². The Hall–Kier alpha value is -0.320. The van der Waals surface area contributed by atoms with Crippen molar-refractivity contribution in [3.63, 3.8) is 0 Å². The third-order valence-corrected chi connectivity index (χ3v) is 3.35. The largest absolute Gasteiger partial charge is 0.466 e. The number of methoxy groups -OCH3 is 1. The molecule has 98 valence electrons. The molecule has 1 N–H and O–H groups in total. The van der Waals surface area contributed by atoms with E-state index < -0.39 is 0 Å². The van der Waals surface area contributed by atoms with E-state index in [1.165, 1.54) is 0 Å². The van der Waals surface area contributed by atoms with E-state index in [1.54, 1.807) is 13.4 Å². The van der Waals surface area contributed by atoms with Crippen LogP contribution in [0.5, 0.6) is 0 Å². The Kier molecular flexibility index (Phi) is 6.85. The molecular formula is C13H22BrNO2. The van der Waals surface area contributed by atoms with Crippen LogP contribution >= 0.6 is 15.9 Å². The lowest BCUT2D eigenvalue weighted by Gasteiger charge is -2.20. The van der Waals surface area contributed by atoms with Gasteiger partial charge in [-0.1, -0.05) is 13.8 Å². The second-order valence-electron chi connectivity index (χ2n) is 4.44. The smallest absolute Gasteiger partial charge is 0.134 e. The zero-order chi connectivity index (χ0) is 12.7. The molecular weight excluding hydrogens is 282 g/mol. The van der Waals surface area contributed by atoms with Gasteiger partial charge in [-0.25, -0.2) is 0 Å². The third-order valence-electron chi connectivity index (χ3n) is 2.69. The van der Waals surface area contributed by atoms with Crippen LogP contribution in [-0.2, 0) is 4.74 Å². The summed E-state index contributed by atoms with van der Waals surface area (Å²) in [7, 11) is 1.74. The van der Waals surface area contributed by atoms with Crippen molar-refractivity contribution in [2.24, 2.45) is 5.92 Å². The van der Waals surface area contributed by atoms with E-state index >= 15 is 0 Å². The first-order valence-electron chi connectivity index (χ1n) is 6.14. The molecule has 3 nitrogen and oxygen atoms in total. The second-order valence-corrected chi connectivity index (χ2v) is 5.29. The monoisotopic (exact) mass is 303 g/mol. The first-order valence-corrected chi connectivity index (χ1v) is 6.93. The molecule has 1 heterocycles. The Morgan fingerprint density at radius 3 is 2.82 bits per heavy atom. The van der Waals surface area contributed by atoms with Crippen LogP contribution in [0.3, 0.4) is 0 Å². The van der Waals surface area contributed by atoms with Crippen LogP contribution in [0.2, 0.25) is 0 Å². The Balaban J connectivity index is 2.63. The zero-order valence-electron chi connectivity index (χ0n) is 10.8. The van der Waals surface area contributed by atoms with Gasteiger partial charge in [-0.05, 0) is 47.3 Å². The molecule has 4 heteroatoms. The van der Waals surface area contributed by atoms with Crippen LogP contribution in [-0.4, -0.2) is 20.3 Å². The lowest BCUT2D eigenvalue weighted by molar-refractivity contribution is 0.147. The molecule has 0 spiro atoms. The second kappa shape index (κ2) is 7.90. The molecule has 1 rings (SSSR count). The van der Waals surface area contributed by atoms with Crippen LogP contribution in [0, 0.1) is 5.92 Å². The van der Waals surface area contributed by atoms with Crippen molar-refractivity contribution in [3.05, 3.63) is 22.6 Å². The number of furan rings is 1. The van der Waals surface area contributed by atoms with Crippen molar-refractivity contribution < 1.29 is 9.15 Å². The average Bonchev–Trinajstić information content (AvgIpc) is 2.71. The first kappa shape index (κ1) is 14.7. The van der Waals surface area contributed by atoms with Crippen molar-refractivity contribution in [1.82, 2.24) is 5.32 Å². The van der Waals surface area contributed by atoms with Gasteiger partial charge >= 0.3 is 0 Å². The van der Waals surface area contributed by atoms with Crippen molar-refractivity contribution in [1.29, 1.82) is 0 Å². The molecule has 0 fully saturated rings. The fourth-order valence-corrected chi connectivity index (χ4v) is 2.39. The lowest BCUT2D eigenvalue weighted by atomic mass is 10.0. The van der Waals surface area contributed by atoms with E-state index in [4.69, 9.17) is 9.15 Å². The normalized spacial score (nSPS) is 14.8. The number of hydrogen-bond acceptors (Lipinski definition) is 3. The summed E-state index contributed by atoms with van der Waals surface area (Å²) < 4.78 is 11.8. The fourth-order valence-electron chi connectivity index (χ4n) is 1.91. The van der Waals surface area contributed by atoms with Gasteiger partial charge in [-0.15, -0.1) is 0 Å². The fraction of sp³-hybridized carbons (Fsp3) is 0.692. The van der Waals surface area contributed by atoms with E-state index in [0.29, 0.717) is 5.92 Å². The number of halogens is 1. The summed E-state index contributed by atoms with van der Waals surface area (Å²) in [5.41, 5.74) is 0. The summed E-state index contributed by atoms with van der Waals surface area (Å²) in [6.45, 7) is 6.14. The summed E-state index contributed by atoms with van der Waals surface area (Å²) in [6.07, 6.45) is 3.86. The van der Waals surface area contributed by atoms with Gasteiger partial charge in [0.1, 0.15) is 5.76 Å². The van der Waals surface area contributed by atoms with Gasteiger partial charge in [0, 0.05) is 13.7 Å². The molecule has 0 radical (unpaired) electrons. The van der Waals surface area contributed by atoms with Crippen LogP contribution < -0.4 is 5.32 Å². The number of hydrogen-bond donors (Lipinski definition) is 1. The molecule has 0 amide bonds. The van der Waals surface area contributed by atoms with Crippen LogP contribution in [0.25, 0.3) is 0 Å². The Labute approximate surface area is 112 Å². The molecule has 0 saturated carbocycles. The number of rotatable bonds is 8.